The van der Waals surface area contributed by atoms with E-state index in [-0.39, 0.29) is 23.4 Å². The lowest BCUT2D eigenvalue weighted by Gasteiger charge is -2.11. The van der Waals surface area contributed by atoms with Gasteiger partial charge in [-0.3, -0.25) is 9.36 Å². The van der Waals surface area contributed by atoms with Crippen LogP contribution in [0.25, 0.3) is 0 Å². The molecular formula is C16H13ClN4O2. The molecule has 0 bridgehead atoms. The van der Waals surface area contributed by atoms with Crippen molar-refractivity contribution < 1.29 is 5.11 Å². The number of hydrogen-bond acceptors (Lipinski definition) is 5. The van der Waals surface area contributed by atoms with Gasteiger partial charge in [0.25, 0.3) is 5.56 Å². The standard InChI is InChI=1S/C16H13ClN4O2/c1-3-7-21-15(22)13(9-18)10(2)14(16(21)23)20-19-12-6-4-5-11(17)8-12/h3-6,8,22H,1,7H2,2H3. The summed E-state index contributed by atoms with van der Waals surface area (Å²) in [6, 6.07) is 8.54. The summed E-state index contributed by atoms with van der Waals surface area (Å²) in [5.41, 5.74) is 0.150. The molecule has 0 radical (unpaired) electrons. The minimum atomic E-state index is -0.551. The Morgan fingerprint density at radius 3 is 2.83 bits per heavy atom. The number of benzene rings is 1. The Balaban J connectivity index is 2.62. The number of nitrogens with zero attached hydrogens (tertiary/aromatic N) is 4. The highest BCUT2D eigenvalue weighted by Gasteiger charge is 2.18. The van der Waals surface area contributed by atoms with Gasteiger partial charge in [-0.25, -0.2) is 0 Å². The van der Waals surface area contributed by atoms with Crippen molar-refractivity contribution in [2.24, 2.45) is 10.2 Å². The van der Waals surface area contributed by atoms with Crippen LogP contribution in [-0.4, -0.2) is 9.67 Å². The third-order valence-electron chi connectivity index (χ3n) is 3.15. The summed E-state index contributed by atoms with van der Waals surface area (Å²) in [5.74, 6) is -0.406. The first-order chi connectivity index (χ1) is 11.0. The second-order valence-electron chi connectivity index (χ2n) is 4.67. The zero-order valence-corrected chi connectivity index (χ0v) is 13.1. The third-order valence-corrected chi connectivity index (χ3v) is 3.39. The average molecular weight is 329 g/mol. The van der Waals surface area contributed by atoms with Crippen LogP contribution in [0.1, 0.15) is 11.1 Å². The molecule has 6 nitrogen and oxygen atoms in total. The van der Waals surface area contributed by atoms with Crippen molar-refractivity contribution in [3.63, 3.8) is 0 Å². The van der Waals surface area contributed by atoms with Crippen LogP contribution in [0.3, 0.4) is 0 Å². The van der Waals surface area contributed by atoms with E-state index in [1.54, 1.807) is 24.3 Å². The molecule has 1 aromatic carbocycles. The highest BCUT2D eigenvalue weighted by Crippen LogP contribution is 2.27. The van der Waals surface area contributed by atoms with Crippen LogP contribution in [0.2, 0.25) is 5.02 Å². The lowest BCUT2D eigenvalue weighted by atomic mass is 10.1. The highest BCUT2D eigenvalue weighted by molar-refractivity contribution is 6.30. The van der Waals surface area contributed by atoms with Gasteiger partial charge < -0.3 is 5.11 Å². The molecule has 1 heterocycles. The van der Waals surface area contributed by atoms with Gasteiger partial charge in [-0.15, -0.1) is 11.7 Å². The molecule has 116 valence electrons. The summed E-state index contributed by atoms with van der Waals surface area (Å²) < 4.78 is 1.02. The van der Waals surface area contributed by atoms with E-state index < -0.39 is 11.4 Å². The fourth-order valence-electron chi connectivity index (χ4n) is 2.00. The van der Waals surface area contributed by atoms with Crippen LogP contribution in [0.15, 0.2) is 51.9 Å². The normalized spacial score (nSPS) is 10.7. The van der Waals surface area contributed by atoms with Crippen molar-refractivity contribution in [3.8, 4) is 11.9 Å². The van der Waals surface area contributed by atoms with Crippen molar-refractivity contribution in [1.29, 1.82) is 5.26 Å². The number of nitriles is 1. The minimum absolute atomic E-state index is 0.0128. The highest BCUT2D eigenvalue weighted by atomic mass is 35.5. The number of aromatic nitrogens is 1. The fraction of sp³-hybridized carbons (Fsp3) is 0.125. The van der Waals surface area contributed by atoms with E-state index in [0.29, 0.717) is 10.7 Å². The molecule has 0 aliphatic heterocycles. The summed E-state index contributed by atoms with van der Waals surface area (Å²) in [5, 5.41) is 27.6. The van der Waals surface area contributed by atoms with Gasteiger partial charge in [0, 0.05) is 17.1 Å². The average Bonchev–Trinajstić information content (AvgIpc) is 2.52. The summed E-state index contributed by atoms with van der Waals surface area (Å²) in [6.45, 7) is 5.11. The molecule has 1 aromatic heterocycles. The summed E-state index contributed by atoms with van der Waals surface area (Å²) in [7, 11) is 0. The number of azo groups is 1. The van der Waals surface area contributed by atoms with Crippen LogP contribution in [0.4, 0.5) is 11.4 Å². The number of halogens is 1. The second-order valence-corrected chi connectivity index (χ2v) is 5.10. The Morgan fingerprint density at radius 2 is 2.22 bits per heavy atom. The molecule has 23 heavy (non-hydrogen) atoms. The molecule has 0 fully saturated rings. The van der Waals surface area contributed by atoms with Gasteiger partial charge in [0.05, 0.1) is 5.69 Å². The summed E-state index contributed by atoms with van der Waals surface area (Å²) >= 11 is 5.87. The molecule has 0 unspecified atom stereocenters. The monoisotopic (exact) mass is 328 g/mol. The van der Waals surface area contributed by atoms with Crippen LogP contribution < -0.4 is 5.56 Å². The van der Waals surface area contributed by atoms with Gasteiger partial charge in [0.1, 0.15) is 11.6 Å². The molecule has 0 saturated carbocycles. The van der Waals surface area contributed by atoms with E-state index in [4.69, 9.17) is 11.6 Å². The van der Waals surface area contributed by atoms with E-state index in [1.807, 2.05) is 6.07 Å². The van der Waals surface area contributed by atoms with Crippen molar-refractivity contribution in [1.82, 2.24) is 4.57 Å². The molecule has 0 aliphatic carbocycles. The van der Waals surface area contributed by atoms with E-state index in [9.17, 15) is 15.2 Å². The van der Waals surface area contributed by atoms with Crippen LogP contribution >= 0.6 is 11.6 Å². The third kappa shape index (κ3) is 3.30. The van der Waals surface area contributed by atoms with E-state index >= 15 is 0 Å². The van der Waals surface area contributed by atoms with Gasteiger partial charge in [-0.2, -0.15) is 10.4 Å². The number of rotatable bonds is 4. The first-order valence-electron chi connectivity index (χ1n) is 6.64. The smallest absolute Gasteiger partial charge is 0.281 e. The molecule has 2 rings (SSSR count). The Morgan fingerprint density at radius 1 is 1.48 bits per heavy atom. The molecule has 0 saturated heterocycles. The molecule has 1 N–H and O–H groups in total. The number of hydrogen-bond donors (Lipinski definition) is 1. The van der Waals surface area contributed by atoms with Gasteiger partial charge in [-0.05, 0) is 25.1 Å². The topological polar surface area (TPSA) is 90.7 Å². The second kappa shape index (κ2) is 6.90. The Labute approximate surface area is 137 Å². The molecular weight excluding hydrogens is 316 g/mol. The molecule has 7 heteroatoms. The molecule has 0 aliphatic rings. The van der Waals surface area contributed by atoms with Crippen molar-refractivity contribution in [2.75, 3.05) is 0 Å². The number of aromatic hydroxyl groups is 1. The van der Waals surface area contributed by atoms with Crippen LogP contribution in [0, 0.1) is 18.3 Å². The lowest BCUT2D eigenvalue weighted by molar-refractivity contribution is 0.414. The maximum atomic E-state index is 12.4. The summed E-state index contributed by atoms with van der Waals surface area (Å²) in [4.78, 5) is 12.4. The molecule has 0 atom stereocenters. The predicted octanol–water partition coefficient (Wildman–Crippen LogP) is 3.99. The maximum Gasteiger partial charge on any atom is 0.281 e. The minimum Gasteiger partial charge on any atom is -0.493 e. The van der Waals surface area contributed by atoms with Crippen LogP contribution in [0.5, 0.6) is 5.88 Å². The first kappa shape index (κ1) is 16.5. The van der Waals surface area contributed by atoms with E-state index in [2.05, 4.69) is 16.8 Å². The summed E-state index contributed by atoms with van der Waals surface area (Å²) in [6.07, 6.45) is 1.44. The molecule has 0 amide bonds. The Bertz CT molecular complexity index is 894. The lowest BCUT2D eigenvalue weighted by Crippen LogP contribution is -2.21. The van der Waals surface area contributed by atoms with Crippen molar-refractivity contribution >= 4 is 23.0 Å². The predicted molar refractivity (Wildman–Crippen MR) is 87.6 cm³/mol. The fourth-order valence-corrected chi connectivity index (χ4v) is 2.19. The first-order valence-corrected chi connectivity index (χ1v) is 7.02. The SMILES string of the molecule is C=CCn1c(O)c(C#N)c(C)c(N=Nc2cccc(Cl)c2)c1=O. The van der Waals surface area contributed by atoms with Gasteiger partial charge in [-0.1, -0.05) is 23.7 Å². The largest absolute Gasteiger partial charge is 0.493 e. The zero-order valence-electron chi connectivity index (χ0n) is 12.3. The maximum absolute atomic E-state index is 12.4. The quantitative estimate of drug-likeness (QED) is 0.679. The molecule has 2 aromatic rings. The molecule has 0 spiro atoms. The Hall–Kier alpha value is -2.91. The van der Waals surface area contributed by atoms with E-state index in [1.165, 1.54) is 13.0 Å². The van der Waals surface area contributed by atoms with Gasteiger partial charge in [0.2, 0.25) is 5.88 Å². The van der Waals surface area contributed by atoms with Crippen LogP contribution in [-0.2, 0) is 6.54 Å². The Kier molecular flexibility index (Phi) is 4.94. The van der Waals surface area contributed by atoms with Gasteiger partial charge >= 0.3 is 0 Å². The van der Waals surface area contributed by atoms with Crippen molar-refractivity contribution in [3.05, 3.63) is 63.4 Å². The van der Waals surface area contributed by atoms with Gasteiger partial charge in [0.15, 0.2) is 5.69 Å². The van der Waals surface area contributed by atoms with E-state index in [0.717, 1.165) is 4.57 Å². The number of allylic oxidation sites excluding steroid dienone is 1. The zero-order chi connectivity index (χ0) is 17.0. The van der Waals surface area contributed by atoms with Crippen molar-refractivity contribution in [2.45, 2.75) is 13.5 Å². The number of pyridine rings is 1.